The van der Waals surface area contributed by atoms with Gasteiger partial charge < -0.3 is 24.0 Å². The van der Waals surface area contributed by atoms with E-state index in [1.807, 2.05) is 4.90 Å². The molecule has 0 aliphatic carbocycles. The Kier molecular flexibility index (Phi) is 6.89. The second-order valence-corrected chi connectivity index (χ2v) is 6.44. The van der Waals surface area contributed by atoms with Crippen molar-refractivity contribution in [2.24, 2.45) is 0 Å². The first kappa shape index (κ1) is 20.4. The van der Waals surface area contributed by atoms with Gasteiger partial charge in [-0.3, -0.25) is 4.79 Å². The minimum atomic E-state index is -0.626. The number of carbonyl (C=O) groups is 2. The fourth-order valence-electron chi connectivity index (χ4n) is 2.99. The molecule has 154 valence electrons. The van der Waals surface area contributed by atoms with Crippen LogP contribution in [-0.2, 0) is 14.3 Å². The first-order valence-corrected chi connectivity index (χ1v) is 9.26. The lowest BCUT2D eigenvalue weighted by atomic mass is 10.2. The number of amides is 1. The van der Waals surface area contributed by atoms with Gasteiger partial charge in [-0.15, -0.1) is 0 Å². The van der Waals surface area contributed by atoms with Crippen molar-refractivity contribution in [3.63, 3.8) is 0 Å². The maximum atomic E-state index is 13.9. The molecule has 1 fully saturated rings. The topological polar surface area (TPSA) is 68.3 Å². The number of piperazine rings is 1. The van der Waals surface area contributed by atoms with E-state index >= 15 is 0 Å². The molecule has 0 N–H and O–H groups in total. The van der Waals surface area contributed by atoms with Gasteiger partial charge in [0.1, 0.15) is 17.3 Å². The molecular weight excluding hydrogens is 379 g/mol. The van der Waals surface area contributed by atoms with E-state index in [2.05, 4.69) is 0 Å². The quantitative estimate of drug-likeness (QED) is 0.661. The van der Waals surface area contributed by atoms with Crippen LogP contribution in [0.15, 0.2) is 48.5 Å². The molecule has 0 aromatic heterocycles. The summed E-state index contributed by atoms with van der Waals surface area (Å²) in [6.45, 7) is 1.27. The number of carbonyl (C=O) groups excluding carboxylic acids is 2. The van der Waals surface area contributed by atoms with Crippen LogP contribution in [0.5, 0.6) is 11.5 Å². The molecule has 0 atom stereocenters. The minimum Gasteiger partial charge on any atom is -0.497 e. The molecule has 0 saturated carbocycles. The molecule has 1 saturated heterocycles. The van der Waals surface area contributed by atoms with Crippen LogP contribution in [0.4, 0.5) is 10.1 Å². The predicted molar refractivity (Wildman–Crippen MR) is 105 cm³/mol. The Morgan fingerprint density at radius 3 is 2.24 bits per heavy atom. The lowest BCUT2D eigenvalue weighted by Crippen LogP contribution is -2.50. The first-order chi connectivity index (χ1) is 14.1. The molecule has 2 aromatic rings. The van der Waals surface area contributed by atoms with Crippen molar-refractivity contribution >= 4 is 17.6 Å². The molecule has 8 heteroatoms. The number of methoxy groups -OCH3 is 1. The second-order valence-electron chi connectivity index (χ2n) is 6.44. The Bertz CT molecular complexity index is 835. The van der Waals surface area contributed by atoms with Gasteiger partial charge >= 0.3 is 5.97 Å². The van der Waals surface area contributed by atoms with E-state index in [-0.39, 0.29) is 24.9 Å². The van der Waals surface area contributed by atoms with E-state index in [1.54, 1.807) is 54.5 Å². The van der Waals surface area contributed by atoms with Crippen molar-refractivity contribution in [2.75, 3.05) is 51.4 Å². The largest absolute Gasteiger partial charge is 0.497 e. The zero-order chi connectivity index (χ0) is 20.6. The second kappa shape index (κ2) is 9.77. The molecule has 1 amide bonds. The molecule has 1 heterocycles. The summed E-state index contributed by atoms with van der Waals surface area (Å²) in [5, 5.41) is 0. The van der Waals surface area contributed by atoms with E-state index in [0.29, 0.717) is 43.4 Å². The monoisotopic (exact) mass is 402 g/mol. The number of esters is 1. The average Bonchev–Trinajstić information content (AvgIpc) is 2.77. The van der Waals surface area contributed by atoms with Gasteiger partial charge in [0, 0.05) is 26.2 Å². The fourth-order valence-corrected chi connectivity index (χ4v) is 2.99. The molecule has 0 unspecified atom stereocenters. The van der Waals surface area contributed by atoms with Crippen LogP contribution >= 0.6 is 0 Å². The number of hydrogen-bond donors (Lipinski definition) is 0. The average molecular weight is 402 g/mol. The summed E-state index contributed by atoms with van der Waals surface area (Å²) in [4.78, 5) is 27.6. The standard InChI is InChI=1S/C21H23FN2O5/c1-27-16-6-8-17(9-7-16)28-15-21(26)29-14-20(25)24-12-10-23(11-13-24)19-5-3-2-4-18(19)22/h2-9H,10-15H2,1H3. The number of rotatable bonds is 7. The van der Waals surface area contributed by atoms with E-state index in [0.717, 1.165) is 0 Å². The summed E-state index contributed by atoms with van der Waals surface area (Å²) in [6, 6.07) is 13.3. The van der Waals surface area contributed by atoms with Gasteiger partial charge in [0.15, 0.2) is 13.2 Å². The van der Waals surface area contributed by atoms with Crippen LogP contribution in [0, 0.1) is 5.82 Å². The molecule has 7 nitrogen and oxygen atoms in total. The predicted octanol–water partition coefficient (Wildman–Crippen LogP) is 2.11. The van der Waals surface area contributed by atoms with E-state index < -0.39 is 5.97 Å². The van der Waals surface area contributed by atoms with Gasteiger partial charge in [-0.2, -0.15) is 0 Å². The smallest absolute Gasteiger partial charge is 0.344 e. The van der Waals surface area contributed by atoms with Crippen molar-refractivity contribution in [3.8, 4) is 11.5 Å². The number of halogens is 1. The molecule has 0 spiro atoms. The SMILES string of the molecule is COc1ccc(OCC(=O)OCC(=O)N2CCN(c3ccccc3F)CC2)cc1. The van der Waals surface area contributed by atoms with Gasteiger partial charge in [-0.1, -0.05) is 12.1 Å². The molecule has 1 aliphatic rings. The lowest BCUT2D eigenvalue weighted by Gasteiger charge is -2.36. The van der Waals surface area contributed by atoms with Crippen molar-refractivity contribution in [2.45, 2.75) is 0 Å². The number of benzene rings is 2. The van der Waals surface area contributed by atoms with Crippen molar-refractivity contribution < 1.29 is 28.2 Å². The third-order valence-corrected chi connectivity index (χ3v) is 4.60. The Balaban J connectivity index is 1.38. The molecule has 0 radical (unpaired) electrons. The highest BCUT2D eigenvalue weighted by Gasteiger charge is 2.23. The summed E-state index contributed by atoms with van der Waals surface area (Å²) < 4.78 is 29.2. The number of hydrogen-bond acceptors (Lipinski definition) is 6. The molecule has 1 aliphatic heterocycles. The molecule has 29 heavy (non-hydrogen) atoms. The molecule has 0 bridgehead atoms. The van der Waals surface area contributed by atoms with E-state index in [4.69, 9.17) is 14.2 Å². The first-order valence-electron chi connectivity index (χ1n) is 9.26. The van der Waals surface area contributed by atoms with Crippen LogP contribution in [0.3, 0.4) is 0 Å². The van der Waals surface area contributed by atoms with Crippen molar-refractivity contribution in [1.82, 2.24) is 4.90 Å². The number of para-hydroxylation sites is 1. The molecule has 2 aromatic carbocycles. The summed E-state index contributed by atoms with van der Waals surface area (Å²) in [5.41, 5.74) is 0.529. The number of anilines is 1. The van der Waals surface area contributed by atoms with Crippen LogP contribution < -0.4 is 14.4 Å². The molecule has 3 rings (SSSR count). The Morgan fingerprint density at radius 1 is 0.931 bits per heavy atom. The fraction of sp³-hybridized carbons (Fsp3) is 0.333. The Morgan fingerprint density at radius 2 is 1.59 bits per heavy atom. The zero-order valence-electron chi connectivity index (χ0n) is 16.2. The van der Waals surface area contributed by atoms with Gasteiger partial charge in [-0.25, -0.2) is 9.18 Å². The van der Waals surface area contributed by atoms with Crippen LogP contribution in [0.1, 0.15) is 0 Å². The minimum absolute atomic E-state index is 0.280. The van der Waals surface area contributed by atoms with Gasteiger partial charge in [0.2, 0.25) is 0 Å². The third-order valence-electron chi connectivity index (χ3n) is 4.60. The van der Waals surface area contributed by atoms with Gasteiger partial charge in [-0.05, 0) is 36.4 Å². The van der Waals surface area contributed by atoms with Crippen LogP contribution in [0.2, 0.25) is 0 Å². The normalized spacial score (nSPS) is 13.7. The summed E-state index contributed by atoms with van der Waals surface area (Å²) in [7, 11) is 1.56. The zero-order valence-corrected chi connectivity index (χ0v) is 16.2. The molecular formula is C21H23FN2O5. The van der Waals surface area contributed by atoms with Crippen LogP contribution in [0.25, 0.3) is 0 Å². The number of ether oxygens (including phenoxy) is 3. The Hall–Kier alpha value is -3.29. The van der Waals surface area contributed by atoms with E-state index in [1.165, 1.54) is 6.07 Å². The lowest BCUT2D eigenvalue weighted by molar-refractivity contribution is -0.153. The maximum absolute atomic E-state index is 13.9. The van der Waals surface area contributed by atoms with Crippen molar-refractivity contribution in [3.05, 3.63) is 54.3 Å². The van der Waals surface area contributed by atoms with Crippen molar-refractivity contribution in [1.29, 1.82) is 0 Å². The third kappa shape index (κ3) is 5.60. The summed E-state index contributed by atoms with van der Waals surface area (Å²) in [5.74, 6) is -0.00725. The highest BCUT2D eigenvalue weighted by Crippen LogP contribution is 2.20. The summed E-state index contributed by atoms with van der Waals surface area (Å²) >= 11 is 0. The Labute approximate surface area is 168 Å². The number of nitrogens with zero attached hydrogens (tertiary/aromatic N) is 2. The van der Waals surface area contributed by atoms with Crippen LogP contribution in [-0.4, -0.2) is 63.3 Å². The van der Waals surface area contributed by atoms with Gasteiger partial charge in [0.25, 0.3) is 5.91 Å². The maximum Gasteiger partial charge on any atom is 0.344 e. The highest BCUT2D eigenvalue weighted by molar-refractivity contribution is 5.81. The van der Waals surface area contributed by atoms with E-state index in [9.17, 15) is 14.0 Å². The van der Waals surface area contributed by atoms with Gasteiger partial charge in [0.05, 0.1) is 12.8 Å². The summed E-state index contributed by atoms with van der Waals surface area (Å²) in [6.07, 6.45) is 0. The highest BCUT2D eigenvalue weighted by atomic mass is 19.1.